The highest BCUT2D eigenvalue weighted by molar-refractivity contribution is 5.83. The summed E-state index contributed by atoms with van der Waals surface area (Å²) in [5.41, 5.74) is 0. The van der Waals surface area contributed by atoms with Crippen LogP contribution in [0.4, 0.5) is 4.79 Å². The SMILES string of the molecule is O=C[C@@H]1CCN(C(=O)O)[C@H]1C(=O)O. The van der Waals surface area contributed by atoms with E-state index in [4.69, 9.17) is 10.2 Å². The first kappa shape index (κ1) is 9.50. The number of nitrogens with zero attached hydrogens (tertiary/aromatic N) is 1. The molecule has 0 bridgehead atoms. The third-order valence-electron chi connectivity index (χ3n) is 2.12. The van der Waals surface area contributed by atoms with E-state index in [0.717, 1.165) is 4.90 Å². The van der Waals surface area contributed by atoms with Gasteiger partial charge in [-0.1, -0.05) is 0 Å². The van der Waals surface area contributed by atoms with Crippen LogP contribution < -0.4 is 0 Å². The van der Waals surface area contributed by atoms with Crippen LogP contribution in [-0.2, 0) is 9.59 Å². The number of carboxylic acid groups (broad SMARTS) is 2. The molecule has 6 heteroatoms. The van der Waals surface area contributed by atoms with Crippen LogP contribution in [0.2, 0.25) is 0 Å². The summed E-state index contributed by atoms with van der Waals surface area (Å²) in [6, 6.07) is -1.21. The lowest BCUT2D eigenvalue weighted by Gasteiger charge is -2.18. The van der Waals surface area contributed by atoms with Gasteiger partial charge < -0.3 is 15.0 Å². The Hall–Kier alpha value is -1.59. The van der Waals surface area contributed by atoms with Gasteiger partial charge in [0, 0.05) is 12.5 Å². The molecule has 0 aromatic heterocycles. The van der Waals surface area contributed by atoms with Crippen molar-refractivity contribution in [2.24, 2.45) is 5.92 Å². The number of rotatable bonds is 2. The molecule has 0 aliphatic carbocycles. The Labute approximate surface area is 73.8 Å². The number of hydrogen-bond donors (Lipinski definition) is 2. The summed E-state index contributed by atoms with van der Waals surface area (Å²) in [4.78, 5) is 32.3. The zero-order chi connectivity index (χ0) is 10.0. The average molecular weight is 187 g/mol. The standard InChI is InChI=1S/C7H9NO5/c9-3-4-1-2-8(7(12)13)5(4)6(10)11/h3-5H,1-2H2,(H,10,11)(H,12,13)/t4-,5+/m0/s1. The lowest BCUT2D eigenvalue weighted by Crippen LogP contribution is -2.42. The normalized spacial score (nSPS) is 27.2. The molecule has 13 heavy (non-hydrogen) atoms. The molecule has 72 valence electrons. The van der Waals surface area contributed by atoms with E-state index in [1.807, 2.05) is 0 Å². The zero-order valence-electron chi connectivity index (χ0n) is 6.71. The molecule has 1 saturated heterocycles. The molecule has 1 aliphatic rings. The van der Waals surface area contributed by atoms with E-state index in [1.54, 1.807) is 0 Å². The fourth-order valence-corrected chi connectivity index (χ4v) is 1.49. The highest BCUT2D eigenvalue weighted by Crippen LogP contribution is 2.22. The van der Waals surface area contributed by atoms with Crippen LogP contribution in [0, 0.1) is 5.92 Å². The van der Waals surface area contributed by atoms with E-state index in [2.05, 4.69) is 0 Å². The van der Waals surface area contributed by atoms with Crippen molar-refractivity contribution in [1.82, 2.24) is 4.90 Å². The number of carbonyl (C=O) groups is 3. The largest absolute Gasteiger partial charge is 0.480 e. The van der Waals surface area contributed by atoms with Gasteiger partial charge in [-0.05, 0) is 6.42 Å². The smallest absolute Gasteiger partial charge is 0.408 e. The summed E-state index contributed by atoms with van der Waals surface area (Å²) >= 11 is 0. The maximum absolute atomic E-state index is 10.6. The second-order valence-electron chi connectivity index (χ2n) is 2.85. The van der Waals surface area contributed by atoms with Crippen LogP contribution in [0.3, 0.4) is 0 Å². The number of carboxylic acids is 1. The van der Waals surface area contributed by atoms with Crippen molar-refractivity contribution >= 4 is 18.3 Å². The predicted molar refractivity (Wildman–Crippen MR) is 40.3 cm³/mol. The van der Waals surface area contributed by atoms with Crippen LogP contribution >= 0.6 is 0 Å². The number of aldehydes is 1. The summed E-state index contributed by atoms with van der Waals surface area (Å²) in [7, 11) is 0. The molecule has 1 amide bonds. The maximum atomic E-state index is 10.6. The van der Waals surface area contributed by atoms with Crippen LogP contribution in [0.5, 0.6) is 0 Å². The fraction of sp³-hybridized carbons (Fsp3) is 0.571. The Balaban J connectivity index is 2.84. The molecule has 0 aromatic carbocycles. The number of amides is 1. The van der Waals surface area contributed by atoms with Crippen molar-refractivity contribution in [2.75, 3.05) is 6.54 Å². The molecule has 0 saturated carbocycles. The molecule has 0 spiro atoms. The third kappa shape index (κ3) is 1.61. The minimum atomic E-state index is -1.29. The monoisotopic (exact) mass is 187 g/mol. The molecular weight excluding hydrogens is 178 g/mol. The Morgan fingerprint density at radius 3 is 2.38 bits per heavy atom. The van der Waals surface area contributed by atoms with E-state index in [-0.39, 0.29) is 13.0 Å². The number of carbonyl (C=O) groups excluding carboxylic acids is 1. The van der Waals surface area contributed by atoms with Crippen LogP contribution in [0.25, 0.3) is 0 Å². The van der Waals surface area contributed by atoms with Crippen molar-refractivity contribution < 1.29 is 24.6 Å². The van der Waals surface area contributed by atoms with Gasteiger partial charge in [0.05, 0.1) is 0 Å². The van der Waals surface area contributed by atoms with Gasteiger partial charge in [-0.3, -0.25) is 4.90 Å². The zero-order valence-corrected chi connectivity index (χ0v) is 6.71. The van der Waals surface area contributed by atoms with Gasteiger partial charge in [0.25, 0.3) is 0 Å². The Morgan fingerprint density at radius 1 is 1.38 bits per heavy atom. The van der Waals surface area contributed by atoms with Crippen molar-refractivity contribution in [3.05, 3.63) is 0 Å². The Morgan fingerprint density at radius 2 is 2.00 bits per heavy atom. The van der Waals surface area contributed by atoms with Gasteiger partial charge in [0.2, 0.25) is 0 Å². The topological polar surface area (TPSA) is 94.9 Å². The second kappa shape index (κ2) is 3.42. The molecule has 1 rings (SSSR count). The quantitative estimate of drug-likeness (QED) is 0.575. The first-order valence-electron chi connectivity index (χ1n) is 3.75. The second-order valence-corrected chi connectivity index (χ2v) is 2.85. The summed E-state index contributed by atoms with van der Waals surface area (Å²) in [6.45, 7) is 0.107. The Bertz CT molecular complexity index is 251. The molecule has 2 atom stereocenters. The van der Waals surface area contributed by atoms with Gasteiger partial charge in [0.15, 0.2) is 0 Å². The number of hydrogen-bond acceptors (Lipinski definition) is 3. The van der Waals surface area contributed by atoms with Crippen LogP contribution in [-0.4, -0.2) is 46.0 Å². The maximum Gasteiger partial charge on any atom is 0.408 e. The highest BCUT2D eigenvalue weighted by Gasteiger charge is 2.41. The summed E-state index contributed by atoms with van der Waals surface area (Å²) in [5.74, 6) is -1.98. The van der Waals surface area contributed by atoms with Gasteiger partial charge >= 0.3 is 12.1 Å². The number of likely N-dealkylation sites (tertiary alicyclic amines) is 1. The predicted octanol–water partition coefficient (Wildman–Crippen LogP) is -0.362. The van der Waals surface area contributed by atoms with Crippen molar-refractivity contribution in [3.8, 4) is 0 Å². The molecule has 6 nitrogen and oxygen atoms in total. The van der Waals surface area contributed by atoms with Crippen molar-refractivity contribution in [2.45, 2.75) is 12.5 Å². The average Bonchev–Trinajstić information content (AvgIpc) is 2.46. The third-order valence-corrected chi connectivity index (χ3v) is 2.12. The molecule has 0 unspecified atom stereocenters. The first-order chi connectivity index (χ1) is 6.07. The molecule has 1 heterocycles. The van der Waals surface area contributed by atoms with Gasteiger partial charge in [0.1, 0.15) is 12.3 Å². The van der Waals surface area contributed by atoms with Gasteiger partial charge in [-0.15, -0.1) is 0 Å². The van der Waals surface area contributed by atoms with E-state index >= 15 is 0 Å². The van der Waals surface area contributed by atoms with Crippen molar-refractivity contribution in [1.29, 1.82) is 0 Å². The molecule has 1 fully saturated rings. The number of aliphatic carboxylic acids is 1. The Kier molecular flexibility index (Phi) is 2.50. The summed E-state index contributed by atoms with van der Waals surface area (Å²) < 4.78 is 0. The summed E-state index contributed by atoms with van der Waals surface area (Å²) in [5, 5.41) is 17.3. The first-order valence-corrected chi connectivity index (χ1v) is 3.75. The van der Waals surface area contributed by atoms with E-state index in [0.29, 0.717) is 6.29 Å². The van der Waals surface area contributed by atoms with Gasteiger partial charge in [-0.2, -0.15) is 0 Å². The molecule has 0 aromatic rings. The minimum absolute atomic E-state index is 0.107. The van der Waals surface area contributed by atoms with Crippen LogP contribution in [0.1, 0.15) is 6.42 Å². The van der Waals surface area contributed by atoms with Crippen LogP contribution in [0.15, 0.2) is 0 Å². The molecule has 2 N–H and O–H groups in total. The fourth-order valence-electron chi connectivity index (χ4n) is 1.49. The van der Waals surface area contributed by atoms with E-state index in [1.165, 1.54) is 0 Å². The lowest BCUT2D eigenvalue weighted by molar-refractivity contribution is -0.143. The molecular formula is C7H9NO5. The molecule has 0 radical (unpaired) electrons. The lowest BCUT2D eigenvalue weighted by atomic mass is 10.0. The summed E-state index contributed by atoms with van der Waals surface area (Å²) in [6.07, 6.45) is -0.508. The highest BCUT2D eigenvalue weighted by atomic mass is 16.4. The minimum Gasteiger partial charge on any atom is -0.480 e. The van der Waals surface area contributed by atoms with E-state index < -0.39 is 24.0 Å². The van der Waals surface area contributed by atoms with E-state index in [9.17, 15) is 14.4 Å². The van der Waals surface area contributed by atoms with Crippen molar-refractivity contribution in [3.63, 3.8) is 0 Å². The van der Waals surface area contributed by atoms with Gasteiger partial charge in [-0.25, -0.2) is 9.59 Å². The molecule has 1 aliphatic heterocycles.